The number of nitrogens with one attached hydrogen (secondary N) is 1. The van der Waals surface area contributed by atoms with Crippen LogP contribution in [0.5, 0.6) is 0 Å². The second-order valence-corrected chi connectivity index (χ2v) is 6.27. The number of nitrogens with zero attached hydrogens (tertiary/aromatic N) is 2. The van der Waals surface area contributed by atoms with Crippen LogP contribution in [0.1, 0.15) is 28.9 Å². The van der Waals surface area contributed by atoms with Gasteiger partial charge in [-0.15, -0.1) is 0 Å². The number of carbonyl (C=O) groups excluding carboxylic acids is 3. The molecule has 0 saturated carbocycles. The first-order chi connectivity index (χ1) is 13.1. The van der Waals surface area contributed by atoms with Crippen LogP contribution in [0.3, 0.4) is 0 Å². The molecule has 1 aliphatic heterocycles. The topological polar surface area (TPSA) is 88.6 Å². The first-order valence-electron chi connectivity index (χ1n) is 8.84. The molecule has 7 nitrogen and oxygen atoms in total. The SMILES string of the molecule is O=C(N[C@H]1CCN(C(=O)OCc2ccccc2)CCC1=O)c1ccccn1. The molecular weight excluding hydrogens is 346 g/mol. The quantitative estimate of drug-likeness (QED) is 0.895. The fourth-order valence-electron chi connectivity index (χ4n) is 2.85. The number of benzene rings is 1. The molecule has 7 heteroatoms. The lowest BCUT2D eigenvalue weighted by atomic mass is 10.1. The molecule has 0 spiro atoms. The van der Waals surface area contributed by atoms with Crippen LogP contribution in [0.2, 0.25) is 0 Å². The normalized spacial score (nSPS) is 17.1. The van der Waals surface area contributed by atoms with E-state index in [2.05, 4.69) is 10.3 Å². The summed E-state index contributed by atoms with van der Waals surface area (Å²) in [4.78, 5) is 42.3. The van der Waals surface area contributed by atoms with E-state index in [0.717, 1.165) is 5.56 Å². The zero-order valence-corrected chi connectivity index (χ0v) is 14.8. The molecule has 0 radical (unpaired) electrons. The molecule has 2 heterocycles. The van der Waals surface area contributed by atoms with Crippen LogP contribution in [0.25, 0.3) is 0 Å². The smallest absolute Gasteiger partial charge is 0.410 e. The van der Waals surface area contributed by atoms with E-state index in [9.17, 15) is 14.4 Å². The summed E-state index contributed by atoms with van der Waals surface area (Å²) in [7, 11) is 0. The third-order valence-corrected chi connectivity index (χ3v) is 4.37. The van der Waals surface area contributed by atoms with Gasteiger partial charge >= 0.3 is 6.09 Å². The number of aromatic nitrogens is 1. The molecule has 3 rings (SSSR count). The molecule has 27 heavy (non-hydrogen) atoms. The summed E-state index contributed by atoms with van der Waals surface area (Å²) in [5.41, 5.74) is 1.16. The number of carbonyl (C=O) groups is 3. The molecule has 0 unspecified atom stereocenters. The lowest BCUT2D eigenvalue weighted by Gasteiger charge is -2.20. The molecule has 1 aromatic carbocycles. The van der Waals surface area contributed by atoms with Gasteiger partial charge < -0.3 is 15.0 Å². The summed E-state index contributed by atoms with van der Waals surface area (Å²) in [5, 5.41) is 2.71. The monoisotopic (exact) mass is 367 g/mol. The number of Topliss-reactive ketones (excluding diaryl/α,β-unsaturated/α-hetero) is 1. The van der Waals surface area contributed by atoms with Gasteiger partial charge in [-0.1, -0.05) is 36.4 Å². The number of amides is 2. The molecular formula is C20H21N3O4. The fraction of sp³-hybridized carbons (Fsp3) is 0.300. The Morgan fingerprint density at radius 2 is 1.89 bits per heavy atom. The van der Waals surface area contributed by atoms with Gasteiger partial charge in [-0.2, -0.15) is 0 Å². The number of rotatable bonds is 4. The third kappa shape index (κ3) is 5.13. The van der Waals surface area contributed by atoms with Crippen molar-refractivity contribution in [3.63, 3.8) is 0 Å². The zero-order valence-electron chi connectivity index (χ0n) is 14.8. The van der Waals surface area contributed by atoms with E-state index in [1.165, 1.54) is 11.1 Å². The minimum atomic E-state index is -0.633. The van der Waals surface area contributed by atoms with Crippen molar-refractivity contribution in [3.8, 4) is 0 Å². The lowest BCUT2D eigenvalue weighted by molar-refractivity contribution is -0.120. The molecule has 0 aliphatic carbocycles. The van der Waals surface area contributed by atoms with E-state index in [1.54, 1.807) is 18.2 Å². The zero-order chi connectivity index (χ0) is 19.1. The molecule has 1 atom stereocenters. The third-order valence-electron chi connectivity index (χ3n) is 4.37. The van der Waals surface area contributed by atoms with Gasteiger partial charge in [0, 0.05) is 25.7 Å². The Morgan fingerprint density at radius 3 is 2.63 bits per heavy atom. The van der Waals surface area contributed by atoms with Crippen molar-refractivity contribution in [2.45, 2.75) is 25.5 Å². The first kappa shape index (κ1) is 18.6. The minimum absolute atomic E-state index is 0.0994. The average Bonchev–Trinajstić information content (AvgIpc) is 2.89. The Bertz CT molecular complexity index is 795. The number of ether oxygens (including phenoxy) is 1. The average molecular weight is 367 g/mol. The van der Waals surface area contributed by atoms with E-state index in [4.69, 9.17) is 4.74 Å². The minimum Gasteiger partial charge on any atom is -0.445 e. The van der Waals surface area contributed by atoms with Gasteiger partial charge in [0.25, 0.3) is 5.91 Å². The van der Waals surface area contributed by atoms with E-state index < -0.39 is 18.0 Å². The highest BCUT2D eigenvalue weighted by Gasteiger charge is 2.28. The van der Waals surface area contributed by atoms with Crippen LogP contribution < -0.4 is 5.32 Å². The number of ketones is 1. The number of pyridine rings is 1. The maximum absolute atomic E-state index is 12.3. The highest BCUT2D eigenvalue weighted by Crippen LogP contribution is 2.11. The number of hydrogen-bond acceptors (Lipinski definition) is 5. The van der Waals surface area contributed by atoms with Crippen molar-refractivity contribution < 1.29 is 19.1 Å². The van der Waals surface area contributed by atoms with Gasteiger partial charge in [0.15, 0.2) is 5.78 Å². The molecule has 1 N–H and O–H groups in total. The van der Waals surface area contributed by atoms with E-state index in [0.29, 0.717) is 13.0 Å². The second-order valence-electron chi connectivity index (χ2n) is 6.27. The van der Waals surface area contributed by atoms with Gasteiger partial charge in [0.2, 0.25) is 0 Å². The Morgan fingerprint density at radius 1 is 1.11 bits per heavy atom. The molecule has 140 valence electrons. The van der Waals surface area contributed by atoms with Crippen molar-refractivity contribution in [1.29, 1.82) is 0 Å². The predicted molar refractivity (Wildman–Crippen MR) is 97.9 cm³/mol. The molecule has 2 amide bonds. The van der Waals surface area contributed by atoms with E-state index in [1.807, 2.05) is 30.3 Å². The van der Waals surface area contributed by atoms with Crippen LogP contribution in [0, 0.1) is 0 Å². The van der Waals surface area contributed by atoms with Crippen molar-refractivity contribution in [1.82, 2.24) is 15.2 Å². The summed E-state index contributed by atoms with van der Waals surface area (Å²) in [6, 6.07) is 13.8. The predicted octanol–water partition coefficient (Wildman–Crippen LogP) is 2.18. The number of hydrogen-bond donors (Lipinski definition) is 1. The van der Waals surface area contributed by atoms with Gasteiger partial charge in [0.1, 0.15) is 12.3 Å². The molecule has 1 aromatic heterocycles. The van der Waals surface area contributed by atoms with Crippen LogP contribution >= 0.6 is 0 Å². The molecule has 1 aliphatic rings. The second kappa shape index (κ2) is 8.93. The van der Waals surface area contributed by atoms with Gasteiger partial charge in [-0.3, -0.25) is 14.6 Å². The summed E-state index contributed by atoms with van der Waals surface area (Å²) in [6.07, 6.45) is 1.59. The highest BCUT2D eigenvalue weighted by atomic mass is 16.6. The highest BCUT2D eigenvalue weighted by molar-refractivity contribution is 5.96. The van der Waals surface area contributed by atoms with Crippen molar-refractivity contribution >= 4 is 17.8 Å². The van der Waals surface area contributed by atoms with Crippen molar-refractivity contribution in [2.75, 3.05) is 13.1 Å². The fourth-order valence-corrected chi connectivity index (χ4v) is 2.85. The first-order valence-corrected chi connectivity index (χ1v) is 8.84. The lowest BCUT2D eigenvalue weighted by Crippen LogP contribution is -2.41. The molecule has 1 fully saturated rings. The largest absolute Gasteiger partial charge is 0.445 e. The number of likely N-dealkylation sites (tertiary alicyclic amines) is 1. The Balaban J connectivity index is 1.53. The Kier molecular flexibility index (Phi) is 6.14. The van der Waals surface area contributed by atoms with E-state index in [-0.39, 0.29) is 31.0 Å². The maximum atomic E-state index is 12.3. The van der Waals surface area contributed by atoms with Crippen LogP contribution in [-0.4, -0.2) is 46.8 Å². The Labute approximate surface area is 157 Å². The van der Waals surface area contributed by atoms with Gasteiger partial charge in [-0.25, -0.2) is 4.79 Å². The molecule has 2 aromatic rings. The van der Waals surface area contributed by atoms with Crippen molar-refractivity contribution in [2.24, 2.45) is 0 Å². The van der Waals surface area contributed by atoms with Crippen LogP contribution in [-0.2, 0) is 16.1 Å². The van der Waals surface area contributed by atoms with Crippen LogP contribution in [0.4, 0.5) is 4.79 Å². The standard InChI is InChI=1S/C20H21N3O4/c24-18-10-13-23(20(26)27-14-15-6-2-1-3-7-15)12-9-16(18)22-19(25)17-8-4-5-11-21-17/h1-8,11,16H,9-10,12-14H2,(H,22,25)/t16-/m0/s1. The van der Waals surface area contributed by atoms with Crippen LogP contribution in [0.15, 0.2) is 54.7 Å². The molecule has 1 saturated heterocycles. The summed E-state index contributed by atoms with van der Waals surface area (Å²) in [5.74, 6) is -0.494. The maximum Gasteiger partial charge on any atom is 0.410 e. The van der Waals surface area contributed by atoms with E-state index >= 15 is 0 Å². The van der Waals surface area contributed by atoms with Gasteiger partial charge in [0.05, 0.1) is 6.04 Å². The van der Waals surface area contributed by atoms with Gasteiger partial charge in [-0.05, 0) is 24.1 Å². The molecule has 0 bridgehead atoms. The summed E-state index contributed by atoms with van der Waals surface area (Å²) >= 11 is 0. The summed E-state index contributed by atoms with van der Waals surface area (Å²) in [6.45, 7) is 0.804. The van der Waals surface area contributed by atoms with Crippen molar-refractivity contribution in [3.05, 3.63) is 66.0 Å². The Hall–Kier alpha value is -3.22. The summed E-state index contributed by atoms with van der Waals surface area (Å²) < 4.78 is 5.32.